The van der Waals surface area contributed by atoms with E-state index in [0.717, 1.165) is 54.6 Å². The first-order chi connectivity index (χ1) is 21.4. The van der Waals surface area contributed by atoms with Crippen LogP contribution in [0.5, 0.6) is 0 Å². The fraction of sp³-hybridized carbons (Fsp3) is 0.371. The second-order valence-electron chi connectivity index (χ2n) is 13.4. The van der Waals surface area contributed by atoms with Gasteiger partial charge in [-0.2, -0.15) is 9.40 Å². The molecule has 2 N–H and O–H groups in total. The lowest BCUT2D eigenvalue weighted by Crippen LogP contribution is -2.46. The summed E-state index contributed by atoms with van der Waals surface area (Å²) in [6.07, 6.45) is 4.23. The van der Waals surface area contributed by atoms with Crippen molar-refractivity contribution in [1.29, 1.82) is 0 Å². The Kier molecular flexibility index (Phi) is 8.54. The average Bonchev–Trinajstić information content (AvgIpc) is 3.53. The topological polar surface area (TPSA) is 96.3 Å². The molecule has 2 aliphatic heterocycles. The molecule has 236 valence electrons. The molecule has 3 heterocycles. The third kappa shape index (κ3) is 6.81. The summed E-state index contributed by atoms with van der Waals surface area (Å²) in [5.74, 6) is 0.955. The summed E-state index contributed by atoms with van der Waals surface area (Å²) in [6.45, 7) is 8.32. The Morgan fingerprint density at radius 2 is 1.60 bits per heavy atom. The predicted octanol–water partition coefficient (Wildman–Crippen LogP) is 7.95. The molecule has 2 aliphatic rings. The van der Waals surface area contributed by atoms with Crippen LogP contribution in [-0.4, -0.2) is 40.6 Å². The van der Waals surface area contributed by atoms with Gasteiger partial charge in [-0.3, -0.25) is 5.32 Å². The molecular weight excluding hydrogens is 606 g/mol. The van der Waals surface area contributed by atoms with Crippen LogP contribution in [0.3, 0.4) is 0 Å². The van der Waals surface area contributed by atoms with E-state index in [-0.39, 0.29) is 23.5 Å². The maximum Gasteiger partial charge on any atom is 0.324 e. The van der Waals surface area contributed by atoms with Gasteiger partial charge in [0.1, 0.15) is 5.82 Å². The Bertz CT molecular complexity index is 1780. The summed E-state index contributed by atoms with van der Waals surface area (Å²) < 4.78 is 30.5. The second-order valence-corrected chi connectivity index (χ2v) is 15.7. The van der Waals surface area contributed by atoms with E-state index in [0.29, 0.717) is 27.3 Å². The number of piperidine rings is 1. The average molecular weight is 646 g/mol. The second kappa shape index (κ2) is 12.3. The van der Waals surface area contributed by atoms with Crippen LogP contribution in [0.25, 0.3) is 5.69 Å². The zero-order chi connectivity index (χ0) is 31.9. The highest BCUT2D eigenvalue weighted by Gasteiger charge is 2.47. The number of aryl methyl sites for hydroxylation is 1. The molecule has 2 atom stereocenters. The minimum absolute atomic E-state index is 0.00196. The van der Waals surface area contributed by atoms with E-state index in [9.17, 15) is 13.2 Å². The fourth-order valence-electron chi connectivity index (χ4n) is 6.64. The van der Waals surface area contributed by atoms with Crippen molar-refractivity contribution in [2.45, 2.75) is 82.2 Å². The van der Waals surface area contributed by atoms with Gasteiger partial charge in [-0.05, 0) is 99.0 Å². The number of carbonyl (C=O) groups is 1. The molecule has 1 aromatic heterocycles. The number of hydrogen-bond donors (Lipinski definition) is 2. The van der Waals surface area contributed by atoms with Crippen LogP contribution in [0.15, 0.2) is 83.8 Å². The molecule has 8 nitrogen and oxygen atoms in total. The number of urea groups is 1. The van der Waals surface area contributed by atoms with E-state index in [1.165, 1.54) is 0 Å². The van der Waals surface area contributed by atoms with Crippen molar-refractivity contribution in [3.05, 3.63) is 101 Å². The Morgan fingerprint density at radius 3 is 2.24 bits per heavy atom. The number of aromatic nitrogens is 2. The minimum atomic E-state index is -3.57. The monoisotopic (exact) mass is 645 g/mol. The number of nitrogens with one attached hydrogen (secondary N) is 2. The van der Waals surface area contributed by atoms with Crippen molar-refractivity contribution in [1.82, 2.24) is 14.1 Å². The van der Waals surface area contributed by atoms with Gasteiger partial charge in [0.2, 0.25) is 10.0 Å². The highest BCUT2D eigenvalue weighted by molar-refractivity contribution is 7.89. The molecule has 0 aliphatic carbocycles. The first-order valence-corrected chi connectivity index (χ1v) is 17.3. The maximum atomic E-state index is 13.5. The van der Waals surface area contributed by atoms with Crippen molar-refractivity contribution in [2.75, 3.05) is 10.6 Å². The van der Waals surface area contributed by atoms with Crippen LogP contribution in [0.2, 0.25) is 5.02 Å². The highest BCUT2D eigenvalue weighted by Crippen LogP contribution is 2.43. The van der Waals surface area contributed by atoms with Crippen molar-refractivity contribution in [3.8, 4) is 5.69 Å². The Morgan fingerprint density at radius 1 is 0.933 bits per heavy atom. The number of amides is 2. The largest absolute Gasteiger partial charge is 0.324 e. The van der Waals surface area contributed by atoms with Crippen LogP contribution >= 0.6 is 11.6 Å². The van der Waals surface area contributed by atoms with E-state index in [4.69, 9.17) is 16.7 Å². The molecule has 3 aromatic carbocycles. The molecule has 0 radical (unpaired) electrons. The lowest BCUT2D eigenvalue weighted by molar-refractivity contribution is 0.190. The third-order valence-corrected chi connectivity index (χ3v) is 11.1. The first-order valence-electron chi connectivity index (χ1n) is 15.5. The zero-order valence-corrected chi connectivity index (χ0v) is 27.7. The van der Waals surface area contributed by atoms with Gasteiger partial charge in [0.25, 0.3) is 0 Å². The number of anilines is 2. The summed E-state index contributed by atoms with van der Waals surface area (Å²) in [5, 5.41) is 11.3. The van der Waals surface area contributed by atoms with Crippen LogP contribution in [0.1, 0.15) is 63.3 Å². The number of halogens is 1. The number of rotatable bonds is 7. The summed E-state index contributed by atoms with van der Waals surface area (Å²) in [7, 11) is -3.57. The third-order valence-electron chi connectivity index (χ3n) is 8.86. The molecule has 0 spiro atoms. The summed E-state index contributed by atoms with van der Waals surface area (Å²) in [4.78, 5) is 13.5. The van der Waals surface area contributed by atoms with Gasteiger partial charge >= 0.3 is 6.03 Å². The first kappa shape index (κ1) is 31.3. The lowest BCUT2D eigenvalue weighted by Gasteiger charge is -2.38. The lowest BCUT2D eigenvalue weighted by atomic mass is 9.87. The number of carbonyl (C=O) groups excluding carboxylic acids is 1. The molecule has 2 amide bonds. The molecule has 45 heavy (non-hydrogen) atoms. The number of nitrogens with zero attached hydrogens (tertiary/aromatic N) is 3. The van der Waals surface area contributed by atoms with Gasteiger partial charge in [-0.1, -0.05) is 62.2 Å². The van der Waals surface area contributed by atoms with Crippen molar-refractivity contribution >= 4 is 39.2 Å². The normalized spacial score (nSPS) is 20.2. The van der Waals surface area contributed by atoms with Crippen molar-refractivity contribution in [3.63, 3.8) is 0 Å². The van der Waals surface area contributed by atoms with Gasteiger partial charge < -0.3 is 5.32 Å². The van der Waals surface area contributed by atoms with Gasteiger partial charge in [-0.15, -0.1) is 0 Å². The SMILES string of the molecule is Cc1ccc(-n2nc(C(C)(C)C)cc2NC(=O)Nc2cccc(CC3CC4CCC(C3)N4S(=O)(=O)c3ccc(Cl)cc3)c2)cc1. The van der Waals surface area contributed by atoms with Gasteiger partial charge in [0.15, 0.2) is 0 Å². The van der Waals surface area contributed by atoms with Crippen LogP contribution in [-0.2, 0) is 21.9 Å². The summed E-state index contributed by atoms with van der Waals surface area (Å²) >= 11 is 6.00. The molecule has 0 saturated carbocycles. The molecular formula is C35H40ClN5O3S. The Labute approximate surface area is 270 Å². The van der Waals surface area contributed by atoms with E-state index >= 15 is 0 Å². The van der Waals surface area contributed by atoms with E-state index in [1.54, 1.807) is 33.3 Å². The van der Waals surface area contributed by atoms with E-state index < -0.39 is 10.0 Å². The van der Waals surface area contributed by atoms with Gasteiger partial charge in [0, 0.05) is 34.3 Å². The molecule has 2 bridgehead atoms. The quantitative estimate of drug-likeness (QED) is 0.213. The van der Waals surface area contributed by atoms with Gasteiger partial charge in [0.05, 0.1) is 16.3 Å². The molecule has 2 saturated heterocycles. The summed E-state index contributed by atoms with van der Waals surface area (Å²) in [6, 6.07) is 24.0. The van der Waals surface area contributed by atoms with Crippen LogP contribution in [0, 0.1) is 12.8 Å². The molecule has 10 heteroatoms. The fourth-order valence-corrected chi connectivity index (χ4v) is 8.66. The Balaban J connectivity index is 1.12. The van der Waals surface area contributed by atoms with Crippen LogP contribution in [0.4, 0.5) is 16.3 Å². The molecule has 6 rings (SSSR count). The van der Waals surface area contributed by atoms with E-state index in [2.05, 4.69) is 37.5 Å². The number of hydrogen-bond acceptors (Lipinski definition) is 4. The van der Waals surface area contributed by atoms with Crippen LogP contribution < -0.4 is 10.6 Å². The molecule has 2 fully saturated rings. The van der Waals surface area contributed by atoms with Crippen molar-refractivity contribution < 1.29 is 13.2 Å². The smallest absolute Gasteiger partial charge is 0.308 e. The number of benzene rings is 3. The standard InChI is InChI=1S/C35H40ClN5O3S/c1-23-8-12-28(13-9-23)40-33(22-32(39-40)35(2,3)4)38-34(42)37-27-7-5-6-24(19-27)18-25-20-29-14-15-30(21-25)41(29)45(43,44)31-16-10-26(36)11-17-31/h5-13,16-17,19,22,25,29-30H,14-15,18,20-21H2,1-4H3,(H2,37,38,42). The zero-order valence-electron chi connectivity index (χ0n) is 26.1. The molecule has 4 aromatic rings. The number of fused-ring (bicyclic) bond motifs is 2. The number of sulfonamides is 1. The molecule has 2 unspecified atom stereocenters. The van der Waals surface area contributed by atoms with Crippen molar-refractivity contribution in [2.24, 2.45) is 5.92 Å². The maximum absolute atomic E-state index is 13.5. The highest BCUT2D eigenvalue weighted by atomic mass is 35.5. The van der Waals surface area contributed by atoms with Gasteiger partial charge in [-0.25, -0.2) is 17.9 Å². The minimum Gasteiger partial charge on any atom is -0.308 e. The summed E-state index contributed by atoms with van der Waals surface area (Å²) in [5.41, 5.74) is 4.53. The van der Waals surface area contributed by atoms with E-state index in [1.807, 2.05) is 55.5 Å². The predicted molar refractivity (Wildman–Crippen MR) is 180 cm³/mol. The Hall–Kier alpha value is -3.66.